The Morgan fingerprint density at radius 1 is 1.13 bits per heavy atom. The van der Waals surface area contributed by atoms with Crippen LogP contribution in [0.1, 0.15) is 46.5 Å². The number of nitrogens with zero attached hydrogens (tertiary/aromatic N) is 2. The van der Waals surface area contributed by atoms with Crippen LogP contribution < -0.4 is 10.7 Å². The molecule has 2 fully saturated rings. The van der Waals surface area contributed by atoms with Gasteiger partial charge in [-0.2, -0.15) is 9.41 Å². The number of benzene rings is 1. The van der Waals surface area contributed by atoms with E-state index in [2.05, 4.69) is 36.6 Å². The molecule has 0 spiro atoms. The van der Waals surface area contributed by atoms with Gasteiger partial charge in [0.05, 0.1) is 18.1 Å². The Morgan fingerprint density at radius 2 is 1.73 bits per heavy atom. The molecule has 0 unspecified atom stereocenters. The summed E-state index contributed by atoms with van der Waals surface area (Å²) in [6, 6.07) is 6.61. The first-order chi connectivity index (χ1) is 14.2. The smallest absolute Gasteiger partial charge is 0.243 e. The molecule has 0 aromatic heterocycles. The first-order valence-electron chi connectivity index (χ1n) is 10.5. The number of hydrogen-bond donors (Lipinski definition) is 2. The predicted octanol–water partition coefficient (Wildman–Crippen LogP) is 3.59. The molecule has 7 nitrogen and oxygen atoms in total. The van der Waals surface area contributed by atoms with Gasteiger partial charge < -0.3 is 10.1 Å². The van der Waals surface area contributed by atoms with Gasteiger partial charge in [0.2, 0.25) is 10.0 Å². The van der Waals surface area contributed by atoms with Crippen LogP contribution in [0.25, 0.3) is 0 Å². The van der Waals surface area contributed by atoms with Crippen LogP contribution in [0.4, 0.5) is 5.69 Å². The Balaban J connectivity index is 1.51. The molecule has 1 saturated carbocycles. The SMILES string of the molecule is CC(C)(C)C1CCC(=NNC(=S)Nc2ccc(S(=O)(=O)N3CCOCC3)cc2)CC1. The number of sulfonamides is 1. The Hall–Kier alpha value is -1.55. The van der Waals surface area contributed by atoms with Gasteiger partial charge in [-0.15, -0.1) is 0 Å². The molecule has 0 atom stereocenters. The lowest BCUT2D eigenvalue weighted by molar-refractivity contribution is 0.0730. The summed E-state index contributed by atoms with van der Waals surface area (Å²) in [5.41, 5.74) is 5.12. The van der Waals surface area contributed by atoms with E-state index >= 15 is 0 Å². The van der Waals surface area contributed by atoms with Crippen molar-refractivity contribution in [3.63, 3.8) is 0 Å². The third-order valence-electron chi connectivity index (χ3n) is 5.82. The first-order valence-corrected chi connectivity index (χ1v) is 12.3. The zero-order valence-corrected chi connectivity index (χ0v) is 19.6. The van der Waals surface area contributed by atoms with E-state index in [4.69, 9.17) is 17.0 Å². The standard InChI is InChI=1S/C21H32N4O3S2/c1-21(2,3)16-4-6-18(7-5-16)23-24-20(29)22-17-8-10-19(11-9-17)30(26,27)25-12-14-28-15-13-25/h8-11,16H,4-7,12-15H2,1-3H3,(H2,22,24,29). The molecule has 2 N–H and O–H groups in total. The van der Waals surface area contributed by atoms with Crippen molar-refractivity contribution in [3.05, 3.63) is 24.3 Å². The monoisotopic (exact) mass is 452 g/mol. The lowest BCUT2D eigenvalue weighted by Gasteiger charge is -2.34. The Bertz CT molecular complexity index is 861. The van der Waals surface area contributed by atoms with Gasteiger partial charge in [-0.1, -0.05) is 20.8 Å². The van der Waals surface area contributed by atoms with Crippen LogP contribution in [0, 0.1) is 11.3 Å². The van der Waals surface area contributed by atoms with Crippen LogP contribution in [0.3, 0.4) is 0 Å². The third-order valence-corrected chi connectivity index (χ3v) is 7.93. The molecular formula is C21H32N4O3S2. The highest BCUT2D eigenvalue weighted by Gasteiger charge is 2.28. The van der Waals surface area contributed by atoms with E-state index < -0.39 is 10.0 Å². The van der Waals surface area contributed by atoms with Gasteiger partial charge in [0.1, 0.15) is 0 Å². The average Bonchev–Trinajstić information content (AvgIpc) is 2.73. The summed E-state index contributed by atoms with van der Waals surface area (Å²) in [6.07, 6.45) is 4.30. The van der Waals surface area contributed by atoms with E-state index in [9.17, 15) is 8.42 Å². The number of rotatable bonds is 4. The van der Waals surface area contributed by atoms with Crippen LogP contribution in [0.5, 0.6) is 0 Å². The van der Waals surface area contributed by atoms with Crippen LogP contribution in [0.2, 0.25) is 0 Å². The summed E-state index contributed by atoms with van der Waals surface area (Å²) < 4.78 is 32.0. The van der Waals surface area contributed by atoms with Crippen molar-refractivity contribution in [2.75, 3.05) is 31.6 Å². The van der Waals surface area contributed by atoms with Crippen LogP contribution in [-0.4, -0.2) is 49.9 Å². The highest BCUT2D eigenvalue weighted by molar-refractivity contribution is 7.89. The average molecular weight is 453 g/mol. The second kappa shape index (κ2) is 9.72. The molecular weight excluding hydrogens is 420 g/mol. The fraction of sp³-hybridized carbons (Fsp3) is 0.619. The van der Waals surface area contributed by atoms with Crippen molar-refractivity contribution in [2.45, 2.75) is 51.3 Å². The normalized spacial score (nSPS) is 21.2. The second-order valence-corrected chi connectivity index (χ2v) is 11.3. The van der Waals surface area contributed by atoms with Crippen molar-refractivity contribution in [3.8, 4) is 0 Å². The van der Waals surface area contributed by atoms with Crippen molar-refractivity contribution in [1.82, 2.24) is 9.73 Å². The van der Waals surface area contributed by atoms with E-state index in [-0.39, 0.29) is 4.90 Å². The van der Waals surface area contributed by atoms with Gasteiger partial charge in [0.15, 0.2) is 5.11 Å². The number of ether oxygens (including phenoxy) is 1. The summed E-state index contributed by atoms with van der Waals surface area (Å²) in [5, 5.41) is 7.91. The van der Waals surface area contributed by atoms with Gasteiger partial charge in [0, 0.05) is 24.5 Å². The molecule has 1 saturated heterocycles. The van der Waals surface area contributed by atoms with Crippen LogP contribution in [0.15, 0.2) is 34.3 Å². The number of anilines is 1. The molecule has 0 amide bonds. The second-order valence-electron chi connectivity index (χ2n) is 8.93. The summed E-state index contributed by atoms with van der Waals surface area (Å²) in [6.45, 7) is 8.52. The van der Waals surface area contributed by atoms with Crippen LogP contribution in [-0.2, 0) is 14.8 Å². The third kappa shape index (κ3) is 6.00. The van der Waals surface area contributed by atoms with Gasteiger partial charge in [-0.3, -0.25) is 5.43 Å². The van der Waals surface area contributed by atoms with E-state index in [1.807, 2.05) is 0 Å². The highest BCUT2D eigenvalue weighted by Crippen LogP contribution is 2.36. The van der Waals surface area contributed by atoms with Crippen molar-refractivity contribution in [1.29, 1.82) is 0 Å². The van der Waals surface area contributed by atoms with Crippen LogP contribution >= 0.6 is 12.2 Å². The van der Waals surface area contributed by atoms with E-state index in [1.165, 1.54) is 4.31 Å². The first kappa shape index (κ1) is 23.1. The fourth-order valence-corrected chi connectivity index (χ4v) is 5.44. The topological polar surface area (TPSA) is 83.0 Å². The van der Waals surface area contributed by atoms with E-state index in [1.54, 1.807) is 24.3 Å². The molecule has 0 radical (unpaired) electrons. The lowest BCUT2D eigenvalue weighted by Crippen LogP contribution is -2.40. The summed E-state index contributed by atoms with van der Waals surface area (Å²) in [5.74, 6) is 0.730. The number of nitrogens with one attached hydrogen (secondary N) is 2. The minimum atomic E-state index is -3.49. The summed E-state index contributed by atoms with van der Waals surface area (Å²) in [7, 11) is -3.49. The highest BCUT2D eigenvalue weighted by atomic mass is 32.2. The largest absolute Gasteiger partial charge is 0.379 e. The Labute approximate surface area is 185 Å². The molecule has 1 heterocycles. The van der Waals surface area contributed by atoms with Gasteiger partial charge >= 0.3 is 0 Å². The number of hydrazone groups is 1. The van der Waals surface area contributed by atoms with Crippen molar-refractivity contribution < 1.29 is 13.2 Å². The fourth-order valence-electron chi connectivity index (χ4n) is 3.86. The van der Waals surface area contributed by atoms with Gasteiger partial charge in [-0.25, -0.2) is 8.42 Å². The minimum absolute atomic E-state index is 0.268. The Kier molecular flexibility index (Phi) is 7.49. The minimum Gasteiger partial charge on any atom is -0.379 e. The molecule has 9 heteroatoms. The zero-order chi connectivity index (χ0) is 21.8. The van der Waals surface area contributed by atoms with E-state index in [0.717, 1.165) is 37.3 Å². The number of thiocarbonyl (C=S) groups is 1. The zero-order valence-electron chi connectivity index (χ0n) is 18.0. The molecule has 1 aliphatic carbocycles. The molecule has 30 heavy (non-hydrogen) atoms. The molecule has 2 aliphatic rings. The summed E-state index contributed by atoms with van der Waals surface area (Å²) >= 11 is 5.33. The molecule has 1 aromatic carbocycles. The molecule has 166 valence electrons. The molecule has 0 bridgehead atoms. The van der Waals surface area contributed by atoms with Crippen molar-refractivity contribution in [2.24, 2.45) is 16.4 Å². The maximum absolute atomic E-state index is 12.7. The van der Waals surface area contributed by atoms with Gasteiger partial charge in [0.25, 0.3) is 0 Å². The van der Waals surface area contributed by atoms with E-state index in [0.29, 0.717) is 42.5 Å². The summed E-state index contributed by atoms with van der Waals surface area (Å²) in [4.78, 5) is 0.268. The number of hydrogen-bond acceptors (Lipinski definition) is 5. The Morgan fingerprint density at radius 3 is 2.30 bits per heavy atom. The molecule has 3 rings (SSSR count). The maximum Gasteiger partial charge on any atom is 0.243 e. The van der Waals surface area contributed by atoms with Gasteiger partial charge in [-0.05, 0) is 73.5 Å². The quantitative estimate of drug-likeness (QED) is 0.537. The molecule has 1 aromatic rings. The predicted molar refractivity (Wildman–Crippen MR) is 124 cm³/mol. The maximum atomic E-state index is 12.7. The molecule has 1 aliphatic heterocycles. The lowest BCUT2D eigenvalue weighted by atomic mass is 9.72. The van der Waals surface area contributed by atoms with Crippen molar-refractivity contribution >= 4 is 38.8 Å². The number of morpholine rings is 1.